The molecule has 2 aliphatic rings. The zero-order valence-electron chi connectivity index (χ0n) is 9.76. The van der Waals surface area contributed by atoms with E-state index in [-0.39, 0.29) is 17.4 Å². The molecule has 2 aliphatic heterocycles. The summed E-state index contributed by atoms with van der Waals surface area (Å²) < 4.78 is 5.75. The van der Waals surface area contributed by atoms with Gasteiger partial charge in [0.05, 0.1) is 17.6 Å². The molecule has 90 valence electrons. The van der Waals surface area contributed by atoms with Crippen LogP contribution in [0.5, 0.6) is 0 Å². The Labute approximate surface area is 94.9 Å². The second kappa shape index (κ2) is 3.82. The summed E-state index contributed by atoms with van der Waals surface area (Å²) in [6.45, 7) is 5.66. The molecule has 1 atom stereocenters. The van der Waals surface area contributed by atoms with Crippen LogP contribution in [0.1, 0.15) is 26.7 Å². The Morgan fingerprint density at radius 1 is 1.25 bits per heavy atom. The van der Waals surface area contributed by atoms with Gasteiger partial charge in [0.2, 0.25) is 11.8 Å². The summed E-state index contributed by atoms with van der Waals surface area (Å²) in [5, 5.41) is 5.64. The monoisotopic (exact) mass is 226 g/mol. The van der Waals surface area contributed by atoms with Crippen molar-refractivity contribution in [1.82, 2.24) is 10.6 Å². The van der Waals surface area contributed by atoms with Crippen LogP contribution in [0.3, 0.4) is 0 Å². The van der Waals surface area contributed by atoms with Crippen molar-refractivity contribution in [2.75, 3.05) is 19.7 Å². The van der Waals surface area contributed by atoms with E-state index in [9.17, 15) is 9.59 Å². The molecule has 5 heteroatoms. The fourth-order valence-electron chi connectivity index (χ4n) is 2.13. The maximum absolute atomic E-state index is 11.9. The van der Waals surface area contributed by atoms with E-state index < -0.39 is 5.41 Å². The largest absolute Gasteiger partial charge is 0.373 e. The van der Waals surface area contributed by atoms with Crippen molar-refractivity contribution in [2.24, 2.45) is 5.41 Å². The minimum Gasteiger partial charge on any atom is -0.373 e. The van der Waals surface area contributed by atoms with Crippen LogP contribution in [0.4, 0.5) is 0 Å². The number of nitrogens with one attached hydrogen (secondary N) is 2. The van der Waals surface area contributed by atoms with Crippen LogP contribution in [-0.2, 0) is 14.3 Å². The molecule has 2 rings (SSSR count). The smallest absolute Gasteiger partial charge is 0.236 e. The van der Waals surface area contributed by atoms with Crippen LogP contribution < -0.4 is 10.6 Å². The molecule has 2 amide bonds. The second-order valence-electron chi connectivity index (χ2n) is 5.31. The number of carbonyl (C=O) groups excluding carboxylic acids is 2. The number of carbonyl (C=O) groups is 2. The van der Waals surface area contributed by atoms with E-state index in [0.717, 1.165) is 6.54 Å². The topological polar surface area (TPSA) is 67.4 Å². The molecule has 5 nitrogen and oxygen atoms in total. The summed E-state index contributed by atoms with van der Waals surface area (Å²) in [7, 11) is 0. The average Bonchev–Trinajstić information content (AvgIpc) is 2.34. The highest BCUT2D eigenvalue weighted by molar-refractivity contribution is 6.00. The van der Waals surface area contributed by atoms with Crippen molar-refractivity contribution < 1.29 is 14.3 Å². The molecule has 2 heterocycles. The highest BCUT2D eigenvalue weighted by Gasteiger charge is 2.45. The molecular formula is C11H18N2O3. The molecule has 0 aromatic carbocycles. The molecule has 0 bridgehead atoms. The SMILES string of the molecule is CC1(C)CNCC2(CCC(=O)NC2=O)CO1. The lowest BCUT2D eigenvalue weighted by Gasteiger charge is -2.34. The highest BCUT2D eigenvalue weighted by atomic mass is 16.5. The van der Waals surface area contributed by atoms with E-state index in [4.69, 9.17) is 4.74 Å². The summed E-state index contributed by atoms with van der Waals surface area (Å²) >= 11 is 0. The van der Waals surface area contributed by atoms with E-state index in [1.807, 2.05) is 13.8 Å². The van der Waals surface area contributed by atoms with Crippen molar-refractivity contribution in [2.45, 2.75) is 32.3 Å². The Bertz CT molecular complexity index is 327. The summed E-state index contributed by atoms with van der Waals surface area (Å²) in [6.07, 6.45) is 0.970. The molecule has 2 saturated heterocycles. The van der Waals surface area contributed by atoms with Crippen LogP contribution in [-0.4, -0.2) is 37.1 Å². The van der Waals surface area contributed by atoms with E-state index in [0.29, 0.717) is 26.0 Å². The third-order valence-corrected chi connectivity index (χ3v) is 3.32. The first-order chi connectivity index (χ1) is 7.44. The Morgan fingerprint density at radius 2 is 2.00 bits per heavy atom. The number of ether oxygens (including phenoxy) is 1. The quantitative estimate of drug-likeness (QED) is 0.562. The highest BCUT2D eigenvalue weighted by Crippen LogP contribution is 2.31. The molecule has 0 aromatic rings. The van der Waals surface area contributed by atoms with Gasteiger partial charge in [-0.15, -0.1) is 0 Å². The summed E-state index contributed by atoms with van der Waals surface area (Å²) in [5.74, 6) is -0.381. The number of piperidine rings is 1. The maximum Gasteiger partial charge on any atom is 0.236 e. The third-order valence-electron chi connectivity index (χ3n) is 3.32. The van der Waals surface area contributed by atoms with Gasteiger partial charge in [0.25, 0.3) is 0 Å². The van der Waals surface area contributed by atoms with Crippen molar-refractivity contribution in [3.8, 4) is 0 Å². The van der Waals surface area contributed by atoms with E-state index in [2.05, 4.69) is 10.6 Å². The molecule has 0 aromatic heterocycles. The lowest BCUT2D eigenvalue weighted by molar-refractivity contribution is -0.146. The van der Waals surface area contributed by atoms with E-state index in [1.165, 1.54) is 0 Å². The molecule has 0 saturated carbocycles. The number of amides is 2. The normalized spacial score (nSPS) is 34.6. The van der Waals surface area contributed by atoms with Crippen LogP contribution in [0.25, 0.3) is 0 Å². The van der Waals surface area contributed by atoms with Crippen molar-refractivity contribution >= 4 is 11.8 Å². The molecule has 0 radical (unpaired) electrons. The molecule has 2 N–H and O–H groups in total. The van der Waals surface area contributed by atoms with Crippen molar-refractivity contribution in [1.29, 1.82) is 0 Å². The molecule has 1 unspecified atom stereocenters. The summed E-state index contributed by atoms with van der Waals surface area (Å²) in [6, 6.07) is 0. The van der Waals surface area contributed by atoms with Crippen molar-refractivity contribution in [3.05, 3.63) is 0 Å². The molecule has 0 aliphatic carbocycles. The predicted molar refractivity (Wildman–Crippen MR) is 57.7 cm³/mol. The van der Waals surface area contributed by atoms with Crippen LogP contribution >= 0.6 is 0 Å². The Hall–Kier alpha value is -0.940. The Kier molecular flexibility index (Phi) is 2.75. The van der Waals surface area contributed by atoms with Gasteiger partial charge in [-0.2, -0.15) is 0 Å². The van der Waals surface area contributed by atoms with Gasteiger partial charge >= 0.3 is 0 Å². The molecule has 2 fully saturated rings. The Morgan fingerprint density at radius 3 is 2.69 bits per heavy atom. The van der Waals surface area contributed by atoms with Gasteiger partial charge in [-0.25, -0.2) is 0 Å². The molecule has 16 heavy (non-hydrogen) atoms. The fourth-order valence-corrected chi connectivity index (χ4v) is 2.13. The fraction of sp³-hybridized carbons (Fsp3) is 0.818. The summed E-state index contributed by atoms with van der Waals surface area (Å²) in [5.41, 5.74) is -0.826. The van der Waals surface area contributed by atoms with Gasteiger partial charge in [-0.05, 0) is 20.3 Å². The standard InChI is InChI=1S/C11H18N2O3/c1-10(2)5-12-6-11(7-16-10)4-3-8(14)13-9(11)15/h12H,3-7H2,1-2H3,(H,13,14,15). The first-order valence-electron chi connectivity index (χ1n) is 5.63. The van der Waals surface area contributed by atoms with Gasteiger partial charge in [0.15, 0.2) is 0 Å². The predicted octanol–water partition coefficient (Wildman–Crippen LogP) is -0.192. The van der Waals surface area contributed by atoms with Crippen LogP contribution in [0.15, 0.2) is 0 Å². The third kappa shape index (κ3) is 2.10. The first kappa shape index (κ1) is 11.5. The minimum absolute atomic E-state index is 0.181. The number of hydrogen-bond acceptors (Lipinski definition) is 4. The van der Waals surface area contributed by atoms with Gasteiger partial charge in [-0.1, -0.05) is 0 Å². The first-order valence-corrected chi connectivity index (χ1v) is 5.63. The number of rotatable bonds is 0. The van der Waals surface area contributed by atoms with Crippen LogP contribution in [0, 0.1) is 5.41 Å². The van der Waals surface area contributed by atoms with Crippen molar-refractivity contribution in [3.63, 3.8) is 0 Å². The lowest BCUT2D eigenvalue weighted by atomic mass is 9.80. The van der Waals surface area contributed by atoms with Gasteiger partial charge in [0, 0.05) is 19.5 Å². The number of imide groups is 1. The zero-order chi connectivity index (χ0) is 11.8. The second-order valence-corrected chi connectivity index (χ2v) is 5.31. The minimum atomic E-state index is -0.568. The maximum atomic E-state index is 11.9. The molecule has 1 spiro atoms. The lowest BCUT2D eigenvalue weighted by Crippen LogP contribution is -2.54. The van der Waals surface area contributed by atoms with Gasteiger partial charge in [0.1, 0.15) is 0 Å². The van der Waals surface area contributed by atoms with E-state index >= 15 is 0 Å². The number of hydrogen-bond donors (Lipinski definition) is 2. The summed E-state index contributed by atoms with van der Waals surface area (Å²) in [4.78, 5) is 23.0. The van der Waals surface area contributed by atoms with Gasteiger partial charge in [-0.3, -0.25) is 14.9 Å². The Balaban J connectivity index is 2.13. The zero-order valence-corrected chi connectivity index (χ0v) is 9.76. The average molecular weight is 226 g/mol. The van der Waals surface area contributed by atoms with Gasteiger partial charge < -0.3 is 10.1 Å². The van der Waals surface area contributed by atoms with Crippen LogP contribution in [0.2, 0.25) is 0 Å². The molecular weight excluding hydrogens is 208 g/mol. The van der Waals surface area contributed by atoms with E-state index in [1.54, 1.807) is 0 Å².